The summed E-state index contributed by atoms with van der Waals surface area (Å²) in [6, 6.07) is 10.7. The van der Waals surface area contributed by atoms with Crippen LogP contribution in [0.25, 0.3) is 22.4 Å². The molecule has 0 spiro atoms. The SMILES string of the molecule is CC(C)c1cccc(N)c1-c1nc2cc3c(cc2[nH]1)C(C)(C)CC3(C)C. The second-order valence-electron chi connectivity index (χ2n) is 9.41. The summed E-state index contributed by atoms with van der Waals surface area (Å²) in [5.41, 5.74) is 14.8. The molecule has 1 aromatic heterocycles. The van der Waals surface area contributed by atoms with E-state index in [0.29, 0.717) is 5.92 Å². The predicted octanol–water partition coefficient (Wildman–Crippen LogP) is 5.89. The van der Waals surface area contributed by atoms with E-state index in [0.717, 1.165) is 34.5 Å². The molecular formula is C23H29N3. The highest BCUT2D eigenvalue weighted by Crippen LogP contribution is 2.50. The smallest absolute Gasteiger partial charge is 0.140 e. The van der Waals surface area contributed by atoms with Gasteiger partial charge in [0.15, 0.2) is 0 Å². The third-order valence-corrected chi connectivity index (χ3v) is 5.95. The first-order chi connectivity index (χ1) is 12.1. The monoisotopic (exact) mass is 347 g/mol. The van der Waals surface area contributed by atoms with E-state index in [4.69, 9.17) is 10.7 Å². The molecule has 0 aliphatic heterocycles. The van der Waals surface area contributed by atoms with Crippen LogP contribution in [0.4, 0.5) is 5.69 Å². The fourth-order valence-corrected chi connectivity index (χ4v) is 4.93. The van der Waals surface area contributed by atoms with Crippen LogP contribution in [0.1, 0.15) is 70.6 Å². The van der Waals surface area contributed by atoms with Gasteiger partial charge in [0.05, 0.1) is 11.0 Å². The molecule has 26 heavy (non-hydrogen) atoms. The number of aromatic amines is 1. The maximum atomic E-state index is 6.34. The molecule has 3 heteroatoms. The van der Waals surface area contributed by atoms with Crippen molar-refractivity contribution in [2.45, 2.75) is 64.7 Å². The summed E-state index contributed by atoms with van der Waals surface area (Å²) in [5.74, 6) is 1.27. The number of benzene rings is 2. The molecule has 0 unspecified atom stereocenters. The van der Waals surface area contributed by atoms with E-state index in [9.17, 15) is 0 Å². The lowest BCUT2D eigenvalue weighted by Gasteiger charge is -2.22. The van der Waals surface area contributed by atoms with Crippen molar-refractivity contribution in [1.29, 1.82) is 0 Å². The first-order valence-corrected chi connectivity index (χ1v) is 9.54. The maximum Gasteiger partial charge on any atom is 0.140 e. The van der Waals surface area contributed by atoms with Crippen LogP contribution in [0.2, 0.25) is 0 Å². The molecule has 0 saturated carbocycles. The number of hydrogen-bond acceptors (Lipinski definition) is 2. The molecule has 0 atom stereocenters. The van der Waals surface area contributed by atoms with Crippen LogP contribution >= 0.6 is 0 Å². The summed E-state index contributed by atoms with van der Waals surface area (Å²) in [5, 5.41) is 0. The van der Waals surface area contributed by atoms with Gasteiger partial charge in [0.1, 0.15) is 5.82 Å². The van der Waals surface area contributed by atoms with Crippen LogP contribution < -0.4 is 5.73 Å². The van der Waals surface area contributed by atoms with Gasteiger partial charge in [-0.1, -0.05) is 53.7 Å². The van der Waals surface area contributed by atoms with E-state index in [1.165, 1.54) is 16.7 Å². The zero-order chi connectivity index (χ0) is 18.9. The number of rotatable bonds is 2. The topological polar surface area (TPSA) is 54.7 Å². The van der Waals surface area contributed by atoms with Crippen molar-refractivity contribution in [1.82, 2.24) is 9.97 Å². The third kappa shape index (κ3) is 2.45. The molecule has 1 aliphatic rings. The number of nitrogens with two attached hydrogens (primary N) is 1. The molecule has 0 bridgehead atoms. The first-order valence-electron chi connectivity index (χ1n) is 9.54. The summed E-state index contributed by atoms with van der Waals surface area (Å²) in [4.78, 5) is 8.49. The number of H-pyrrole nitrogens is 1. The van der Waals surface area contributed by atoms with E-state index in [1.54, 1.807) is 0 Å². The standard InChI is InChI=1S/C23H29N3/c1-13(2)14-8-7-9-17(24)20(14)21-25-18-10-15-16(11-19(18)26-21)23(5,6)12-22(15,3)4/h7-11,13H,12,24H2,1-6H3,(H,25,26). The lowest BCUT2D eigenvalue weighted by Crippen LogP contribution is -2.17. The van der Waals surface area contributed by atoms with E-state index in [-0.39, 0.29) is 10.8 Å². The molecule has 1 aliphatic carbocycles. The Morgan fingerprint density at radius 1 is 1.04 bits per heavy atom. The molecule has 3 N–H and O–H groups in total. The van der Waals surface area contributed by atoms with Gasteiger partial charge < -0.3 is 10.7 Å². The highest BCUT2D eigenvalue weighted by atomic mass is 14.9. The van der Waals surface area contributed by atoms with E-state index >= 15 is 0 Å². The number of fused-ring (bicyclic) bond motifs is 2. The van der Waals surface area contributed by atoms with Gasteiger partial charge in [0, 0.05) is 11.3 Å². The summed E-state index contributed by atoms with van der Waals surface area (Å²) in [6.45, 7) is 13.8. The van der Waals surface area contributed by atoms with Gasteiger partial charge in [-0.15, -0.1) is 0 Å². The highest BCUT2D eigenvalue weighted by Gasteiger charge is 2.42. The second kappa shape index (κ2) is 5.35. The fraction of sp³-hybridized carbons (Fsp3) is 0.435. The third-order valence-electron chi connectivity index (χ3n) is 5.95. The lowest BCUT2D eigenvalue weighted by atomic mass is 9.82. The minimum atomic E-state index is 0.182. The minimum Gasteiger partial charge on any atom is -0.398 e. The number of nitrogens with one attached hydrogen (secondary N) is 1. The number of nitrogen functional groups attached to an aromatic ring is 1. The molecule has 2 aromatic carbocycles. The van der Waals surface area contributed by atoms with Crippen molar-refractivity contribution < 1.29 is 0 Å². The summed E-state index contributed by atoms with van der Waals surface area (Å²) in [6.07, 6.45) is 1.16. The Kier molecular flexibility index (Phi) is 3.53. The summed E-state index contributed by atoms with van der Waals surface area (Å²) >= 11 is 0. The number of hydrogen-bond donors (Lipinski definition) is 2. The Morgan fingerprint density at radius 2 is 1.69 bits per heavy atom. The predicted molar refractivity (Wildman–Crippen MR) is 111 cm³/mol. The molecule has 4 rings (SSSR count). The Balaban J connectivity index is 1.95. The van der Waals surface area contributed by atoms with Gasteiger partial charge in [0.2, 0.25) is 0 Å². The quantitative estimate of drug-likeness (QED) is 0.567. The van der Waals surface area contributed by atoms with E-state index < -0.39 is 0 Å². The van der Waals surface area contributed by atoms with Gasteiger partial charge >= 0.3 is 0 Å². The Hall–Kier alpha value is -2.29. The normalized spacial score (nSPS) is 17.8. The zero-order valence-electron chi connectivity index (χ0n) is 16.7. The van der Waals surface area contributed by atoms with E-state index in [1.807, 2.05) is 12.1 Å². The largest absolute Gasteiger partial charge is 0.398 e. The molecule has 1 heterocycles. The van der Waals surface area contributed by atoms with Crippen LogP contribution in [0.15, 0.2) is 30.3 Å². The van der Waals surface area contributed by atoms with Crippen LogP contribution in [0.5, 0.6) is 0 Å². The van der Waals surface area contributed by atoms with Crippen LogP contribution in [-0.2, 0) is 10.8 Å². The molecule has 0 amide bonds. The maximum absolute atomic E-state index is 6.34. The number of anilines is 1. The Labute approximate surface area is 156 Å². The molecule has 0 radical (unpaired) electrons. The zero-order valence-corrected chi connectivity index (χ0v) is 16.7. The average molecular weight is 348 g/mol. The van der Waals surface area contributed by atoms with Crippen LogP contribution in [-0.4, -0.2) is 9.97 Å². The lowest BCUT2D eigenvalue weighted by molar-refractivity contribution is 0.403. The minimum absolute atomic E-state index is 0.182. The number of aromatic nitrogens is 2. The second-order valence-corrected chi connectivity index (χ2v) is 9.41. The van der Waals surface area contributed by atoms with Crippen molar-refractivity contribution in [3.8, 4) is 11.4 Å². The van der Waals surface area contributed by atoms with Gasteiger partial charge in [-0.2, -0.15) is 0 Å². The van der Waals surface area contributed by atoms with Crippen LogP contribution in [0.3, 0.4) is 0 Å². The Bertz CT molecular complexity index is 955. The number of nitrogens with zero attached hydrogens (tertiary/aromatic N) is 1. The molecule has 0 fully saturated rings. The number of imidazole rings is 1. The van der Waals surface area contributed by atoms with E-state index in [2.05, 4.69) is 64.7 Å². The molecule has 3 nitrogen and oxygen atoms in total. The van der Waals surface area contributed by atoms with Crippen molar-refractivity contribution in [2.75, 3.05) is 5.73 Å². The summed E-state index contributed by atoms with van der Waals surface area (Å²) < 4.78 is 0. The first kappa shape index (κ1) is 17.1. The van der Waals surface area contributed by atoms with Crippen molar-refractivity contribution in [3.63, 3.8) is 0 Å². The van der Waals surface area contributed by atoms with Crippen molar-refractivity contribution in [3.05, 3.63) is 47.0 Å². The molecular weight excluding hydrogens is 318 g/mol. The fourth-order valence-electron chi connectivity index (χ4n) is 4.93. The van der Waals surface area contributed by atoms with Gasteiger partial charge in [0.25, 0.3) is 0 Å². The summed E-state index contributed by atoms with van der Waals surface area (Å²) in [7, 11) is 0. The molecule has 3 aromatic rings. The molecule has 136 valence electrons. The Morgan fingerprint density at radius 3 is 2.35 bits per heavy atom. The van der Waals surface area contributed by atoms with Crippen molar-refractivity contribution in [2.24, 2.45) is 0 Å². The average Bonchev–Trinajstić information content (AvgIpc) is 3.01. The van der Waals surface area contributed by atoms with Gasteiger partial charge in [-0.05, 0) is 58.1 Å². The highest BCUT2D eigenvalue weighted by molar-refractivity contribution is 5.85. The van der Waals surface area contributed by atoms with Crippen LogP contribution in [0, 0.1) is 0 Å². The van der Waals surface area contributed by atoms with Crippen molar-refractivity contribution >= 4 is 16.7 Å². The van der Waals surface area contributed by atoms with Gasteiger partial charge in [-0.3, -0.25) is 0 Å². The molecule has 0 saturated heterocycles. The van der Waals surface area contributed by atoms with Gasteiger partial charge in [-0.25, -0.2) is 4.98 Å².